The Morgan fingerprint density at radius 1 is 1.07 bits per heavy atom. The average molecular weight is 588 g/mol. The smallest absolute Gasteiger partial charge is 0.240 e. The molecule has 0 radical (unpaired) electrons. The molecule has 2 aliphatic heterocycles. The van der Waals surface area contributed by atoms with E-state index in [2.05, 4.69) is 5.32 Å². The van der Waals surface area contributed by atoms with E-state index in [4.69, 9.17) is 14.6 Å². The first-order valence-electron chi connectivity index (χ1n) is 13.6. The fourth-order valence-corrected chi connectivity index (χ4v) is 6.24. The Bertz CT molecular complexity index is 1610. The van der Waals surface area contributed by atoms with Crippen LogP contribution in [0, 0.1) is 5.82 Å². The number of benzene rings is 3. The number of anilines is 1. The molecule has 0 fully saturated rings. The quantitative estimate of drug-likeness (QED) is 0.330. The minimum absolute atomic E-state index is 0.135. The number of carbonyl (C=O) groups excluding carboxylic acids is 2. The predicted molar refractivity (Wildman–Crippen MR) is 160 cm³/mol. The highest BCUT2D eigenvalue weighted by atomic mass is 32.2. The number of thioether (sulfide) groups is 1. The van der Waals surface area contributed by atoms with Gasteiger partial charge in [0.05, 0.1) is 22.4 Å². The first-order chi connectivity index (χ1) is 20.4. The normalized spacial score (nSPS) is 16.0. The number of hydrogen-bond acceptors (Lipinski definition) is 7. The highest BCUT2D eigenvalue weighted by Gasteiger charge is 2.38. The fraction of sp³-hybridized carbons (Fsp3) is 0.258. The van der Waals surface area contributed by atoms with Crippen LogP contribution in [0.2, 0.25) is 0 Å². The number of nitrogens with one attached hydrogen (secondary N) is 1. The van der Waals surface area contributed by atoms with E-state index in [0.717, 1.165) is 16.7 Å². The number of nitrogens with zero attached hydrogens (tertiary/aromatic N) is 4. The van der Waals surface area contributed by atoms with Crippen LogP contribution in [-0.4, -0.2) is 72.8 Å². The van der Waals surface area contributed by atoms with Gasteiger partial charge in [-0.2, -0.15) is 5.10 Å². The van der Waals surface area contributed by atoms with Crippen molar-refractivity contribution < 1.29 is 23.5 Å². The van der Waals surface area contributed by atoms with Crippen LogP contribution in [0.25, 0.3) is 16.9 Å². The molecule has 0 bridgehead atoms. The average Bonchev–Trinajstić information content (AvgIpc) is 3.58. The molecule has 3 heterocycles. The van der Waals surface area contributed by atoms with E-state index >= 15 is 0 Å². The fourth-order valence-electron chi connectivity index (χ4n) is 5.05. The van der Waals surface area contributed by atoms with Gasteiger partial charge in [-0.05, 0) is 56.1 Å². The van der Waals surface area contributed by atoms with E-state index < -0.39 is 0 Å². The van der Waals surface area contributed by atoms with Crippen LogP contribution in [-0.2, 0) is 9.59 Å². The predicted octanol–water partition coefficient (Wildman–Crippen LogP) is 4.25. The molecule has 2 amide bonds. The number of likely N-dealkylation sites (N-methyl/N-ethyl adjacent to an activating group) is 1. The van der Waals surface area contributed by atoms with E-state index in [-0.39, 0.29) is 42.0 Å². The second-order valence-electron chi connectivity index (χ2n) is 10.3. The molecule has 11 heteroatoms. The Labute approximate surface area is 247 Å². The van der Waals surface area contributed by atoms with Crippen LogP contribution in [0.3, 0.4) is 0 Å². The van der Waals surface area contributed by atoms with E-state index in [1.54, 1.807) is 16.8 Å². The Balaban J connectivity index is 1.54. The Morgan fingerprint density at radius 2 is 1.83 bits per heavy atom. The summed E-state index contributed by atoms with van der Waals surface area (Å²) in [5, 5.41) is 7.61. The standard InChI is InChI=1S/C31H30FN5O4S/c1-35(2)15-14-33-26(38)17-36-27(39)18-42-30(21-8-13-24-25(16-21)41-19-40-24)28-29(20-6-4-3-5-7-20)34-37(31(28)36)23-11-9-22(32)10-12-23/h3-13,16,30H,14-15,17-19H2,1-2H3,(H,33,38)/t30-/m0/s1. The summed E-state index contributed by atoms with van der Waals surface area (Å²) in [7, 11) is 3.85. The van der Waals surface area contributed by atoms with Gasteiger partial charge in [-0.25, -0.2) is 9.07 Å². The molecule has 1 aromatic heterocycles. The van der Waals surface area contributed by atoms with Crippen molar-refractivity contribution in [3.8, 4) is 28.4 Å². The van der Waals surface area contributed by atoms with Gasteiger partial charge in [0.2, 0.25) is 18.6 Å². The van der Waals surface area contributed by atoms with Gasteiger partial charge in [0.1, 0.15) is 18.2 Å². The summed E-state index contributed by atoms with van der Waals surface area (Å²) in [6.07, 6.45) is 0. The molecule has 0 saturated carbocycles. The summed E-state index contributed by atoms with van der Waals surface area (Å²) in [6, 6.07) is 21.4. The minimum Gasteiger partial charge on any atom is -0.454 e. The molecule has 6 rings (SSSR count). The first-order valence-corrected chi connectivity index (χ1v) is 14.6. The van der Waals surface area contributed by atoms with Crippen molar-refractivity contribution in [1.29, 1.82) is 0 Å². The van der Waals surface area contributed by atoms with Crippen molar-refractivity contribution in [2.24, 2.45) is 0 Å². The molecule has 216 valence electrons. The molecule has 0 spiro atoms. The summed E-state index contributed by atoms with van der Waals surface area (Å²) in [6.45, 7) is 1.07. The van der Waals surface area contributed by atoms with Gasteiger partial charge in [-0.1, -0.05) is 36.4 Å². The number of hydrogen-bond donors (Lipinski definition) is 1. The van der Waals surface area contributed by atoms with E-state index in [9.17, 15) is 14.0 Å². The maximum Gasteiger partial charge on any atom is 0.240 e. The van der Waals surface area contributed by atoms with Crippen LogP contribution in [0.4, 0.5) is 10.2 Å². The molecule has 0 saturated heterocycles. The first kappa shape index (κ1) is 27.8. The van der Waals surface area contributed by atoms with Crippen molar-refractivity contribution in [3.05, 3.63) is 89.7 Å². The Kier molecular flexibility index (Phi) is 7.86. The van der Waals surface area contributed by atoms with Crippen LogP contribution in [0.1, 0.15) is 16.4 Å². The van der Waals surface area contributed by atoms with Crippen molar-refractivity contribution in [3.63, 3.8) is 0 Å². The summed E-state index contributed by atoms with van der Waals surface area (Å²) in [4.78, 5) is 30.5. The number of fused-ring (bicyclic) bond motifs is 2. The summed E-state index contributed by atoms with van der Waals surface area (Å²) in [5.74, 6) is 1.01. The van der Waals surface area contributed by atoms with E-state index in [1.807, 2.05) is 67.5 Å². The molecule has 1 atom stereocenters. The molecule has 4 aromatic rings. The number of aromatic nitrogens is 2. The number of carbonyl (C=O) groups is 2. The Hall–Kier alpha value is -4.35. The lowest BCUT2D eigenvalue weighted by Crippen LogP contribution is -2.43. The van der Waals surface area contributed by atoms with Crippen molar-refractivity contribution in [2.75, 3.05) is 51.2 Å². The molecule has 9 nitrogen and oxygen atoms in total. The lowest BCUT2D eigenvalue weighted by molar-refractivity contribution is -0.122. The van der Waals surface area contributed by atoms with E-state index in [1.165, 1.54) is 28.8 Å². The second kappa shape index (κ2) is 11.9. The maximum atomic E-state index is 14.0. The third-order valence-electron chi connectivity index (χ3n) is 7.09. The highest BCUT2D eigenvalue weighted by molar-refractivity contribution is 8.00. The van der Waals surface area contributed by atoms with Crippen molar-refractivity contribution in [2.45, 2.75) is 5.25 Å². The molecular weight excluding hydrogens is 557 g/mol. The lowest BCUT2D eigenvalue weighted by Gasteiger charge is -2.23. The van der Waals surface area contributed by atoms with Gasteiger partial charge < -0.3 is 19.7 Å². The zero-order valence-electron chi connectivity index (χ0n) is 23.2. The number of amides is 2. The lowest BCUT2D eigenvalue weighted by atomic mass is 9.99. The monoisotopic (exact) mass is 587 g/mol. The minimum atomic E-state index is -0.387. The van der Waals surface area contributed by atoms with Gasteiger partial charge in [0.25, 0.3) is 0 Å². The zero-order valence-corrected chi connectivity index (χ0v) is 24.1. The topological polar surface area (TPSA) is 88.9 Å². The molecule has 1 N–H and O–H groups in total. The maximum absolute atomic E-state index is 14.0. The highest BCUT2D eigenvalue weighted by Crippen LogP contribution is 2.50. The SMILES string of the molecule is CN(C)CCNC(=O)CN1C(=O)CS[C@@H](c2ccc3c(c2)OCO3)c2c(-c3ccccc3)nn(-c3ccc(F)cc3)c21. The molecule has 0 aliphatic carbocycles. The van der Waals surface area contributed by atoms with Crippen LogP contribution >= 0.6 is 11.8 Å². The molecule has 2 aliphatic rings. The van der Waals surface area contributed by atoms with Gasteiger partial charge in [-0.3, -0.25) is 14.5 Å². The zero-order chi connectivity index (χ0) is 29.2. The van der Waals surface area contributed by atoms with Crippen molar-refractivity contribution in [1.82, 2.24) is 20.0 Å². The third kappa shape index (κ3) is 5.57. The largest absolute Gasteiger partial charge is 0.454 e. The van der Waals surface area contributed by atoms with Crippen LogP contribution in [0.5, 0.6) is 11.5 Å². The Morgan fingerprint density at radius 3 is 2.60 bits per heavy atom. The summed E-state index contributed by atoms with van der Waals surface area (Å²) < 4.78 is 26.8. The van der Waals surface area contributed by atoms with Gasteiger partial charge in [0.15, 0.2) is 11.5 Å². The number of rotatable bonds is 8. The van der Waals surface area contributed by atoms with Crippen molar-refractivity contribution >= 4 is 29.4 Å². The summed E-state index contributed by atoms with van der Waals surface area (Å²) in [5.41, 5.74) is 3.77. The van der Waals surface area contributed by atoms with Gasteiger partial charge in [0, 0.05) is 24.2 Å². The number of halogens is 1. The van der Waals surface area contributed by atoms with Crippen LogP contribution in [0.15, 0.2) is 72.8 Å². The van der Waals surface area contributed by atoms with E-state index in [0.29, 0.717) is 41.8 Å². The van der Waals surface area contributed by atoms with Crippen LogP contribution < -0.4 is 19.7 Å². The summed E-state index contributed by atoms with van der Waals surface area (Å²) >= 11 is 1.47. The molecular formula is C31H30FN5O4S. The molecule has 0 unspecified atom stereocenters. The van der Waals surface area contributed by atoms with Gasteiger partial charge in [-0.15, -0.1) is 11.8 Å². The third-order valence-corrected chi connectivity index (χ3v) is 8.34. The second-order valence-corrected chi connectivity index (χ2v) is 11.4. The van der Waals surface area contributed by atoms with Gasteiger partial charge >= 0.3 is 0 Å². The molecule has 3 aromatic carbocycles. The number of ether oxygens (including phenoxy) is 2. The molecule has 42 heavy (non-hydrogen) atoms.